The Hall–Kier alpha value is -1.09. The predicted molar refractivity (Wildman–Crippen MR) is 135 cm³/mol. The van der Waals surface area contributed by atoms with Crippen molar-refractivity contribution in [2.75, 3.05) is 6.61 Å². The van der Waals surface area contributed by atoms with Crippen LogP contribution in [0, 0.1) is 45.3 Å². The van der Waals surface area contributed by atoms with E-state index in [1.807, 2.05) is 0 Å². The third-order valence-electron chi connectivity index (χ3n) is 11.9. The molecule has 8 atom stereocenters. The largest absolute Gasteiger partial charge is 0.481 e. The van der Waals surface area contributed by atoms with Crippen molar-refractivity contribution in [3.05, 3.63) is 23.8 Å². The van der Waals surface area contributed by atoms with Gasteiger partial charge in [-0.15, -0.1) is 0 Å². The molecular weight excluding hydrogens is 408 g/mol. The minimum absolute atomic E-state index is 0.0422. The second kappa shape index (κ2) is 8.54. The average molecular weight is 457 g/mol. The molecule has 0 radical (unpaired) electrons. The first-order chi connectivity index (χ1) is 15.5. The lowest BCUT2D eigenvalue weighted by Crippen LogP contribution is -2.54. The predicted octanol–water partition coefficient (Wildman–Crippen LogP) is 7.40. The van der Waals surface area contributed by atoms with Crippen LogP contribution in [-0.4, -0.2) is 22.8 Å². The van der Waals surface area contributed by atoms with Gasteiger partial charge in [0, 0.05) is 6.42 Å². The van der Waals surface area contributed by atoms with Gasteiger partial charge in [0.2, 0.25) is 0 Å². The maximum absolute atomic E-state index is 11.6. The molecule has 4 rings (SSSR count). The van der Waals surface area contributed by atoms with Gasteiger partial charge in [0.1, 0.15) is 0 Å². The molecule has 4 saturated carbocycles. The molecule has 0 heterocycles. The fraction of sp³-hybridized carbons (Fsp3) is 0.833. The number of hydrogen-bond donors (Lipinski definition) is 2. The van der Waals surface area contributed by atoms with Gasteiger partial charge in [0.15, 0.2) is 0 Å². The number of allylic oxidation sites excluding steroid dienone is 2. The Morgan fingerprint density at radius 3 is 2.48 bits per heavy atom. The molecule has 0 saturated heterocycles. The van der Waals surface area contributed by atoms with Crippen LogP contribution in [0.15, 0.2) is 23.8 Å². The molecule has 0 bridgehead atoms. The van der Waals surface area contributed by atoms with Crippen molar-refractivity contribution in [3.63, 3.8) is 0 Å². The van der Waals surface area contributed by atoms with E-state index in [0.717, 1.165) is 36.7 Å². The Morgan fingerprint density at radius 1 is 1.12 bits per heavy atom. The van der Waals surface area contributed by atoms with Gasteiger partial charge in [0.05, 0.1) is 6.61 Å². The van der Waals surface area contributed by atoms with Gasteiger partial charge in [-0.2, -0.15) is 0 Å². The molecule has 0 amide bonds. The lowest BCUT2D eigenvalue weighted by Gasteiger charge is -2.61. The van der Waals surface area contributed by atoms with Gasteiger partial charge < -0.3 is 10.2 Å². The van der Waals surface area contributed by atoms with E-state index in [2.05, 4.69) is 47.3 Å². The van der Waals surface area contributed by atoms with E-state index in [1.54, 1.807) is 0 Å². The van der Waals surface area contributed by atoms with Gasteiger partial charge in [-0.1, -0.05) is 39.0 Å². The Labute approximate surface area is 202 Å². The summed E-state index contributed by atoms with van der Waals surface area (Å²) in [5, 5.41) is 19.5. The minimum Gasteiger partial charge on any atom is -0.481 e. The second-order valence-corrected chi connectivity index (χ2v) is 13.2. The normalized spacial score (nSPS) is 44.2. The van der Waals surface area contributed by atoms with E-state index < -0.39 is 5.97 Å². The molecule has 33 heavy (non-hydrogen) atoms. The van der Waals surface area contributed by atoms with Crippen LogP contribution >= 0.6 is 0 Å². The average Bonchev–Trinajstić information content (AvgIpc) is 3.35. The maximum atomic E-state index is 11.6. The van der Waals surface area contributed by atoms with Crippen molar-refractivity contribution in [1.29, 1.82) is 0 Å². The smallest absolute Gasteiger partial charge is 0.303 e. The lowest BCUT2D eigenvalue weighted by atomic mass is 9.43. The van der Waals surface area contributed by atoms with Gasteiger partial charge in [-0.05, 0) is 129 Å². The molecule has 3 heteroatoms. The molecule has 2 N–H and O–H groups in total. The molecule has 1 spiro atoms. The number of rotatable bonds is 9. The molecule has 4 aliphatic rings. The fourth-order valence-corrected chi connectivity index (χ4v) is 10.1. The summed E-state index contributed by atoms with van der Waals surface area (Å²) in [6, 6.07) is 0. The van der Waals surface area contributed by atoms with Crippen LogP contribution in [0.4, 0.5) is 0 Å². The SMILES string of the molecule is C=C(CO)[C@@H]1CC[C@H]2[C@]3(CC[C@]4(C)[C@@H]([C@H](C)CCC=C(C)C)CC[C@@]24C)C[C@]13CCC(=O)O. The second-order valence-electron chi connectivity index (χ2n) is 13.2. The summed E-state index contributed by atoms with van der Waals surface area (Å²) in [4.78, 5) is 11.6. The van der Waals surface area contributed by atoms with Crippen molar-refractivity contribution < 1.29 is 15.0 Å². The first kappa shape index (κ1) is 25.0. The molecule has 0 unspecified atom stereocenters. The Balaban J connectivity index is 1.61. The maximum Gasteiger partial charge on any atom is 0.303 e. The number of fused-ring (bicyclic) bond motifs is 2. The Bertz CT molecular complexity index is 824. The fourth-order valence-electron chi connectivity index (χ4n) is 10.1. The quantitative estimate of drug-likeness (QED) is 0.355. The van der Waals surface area contributed by atoms with Gasteiger partial charge >= 0.3 is 5.97 Å². The number of carbonyl (C=O) groups is 1. The number of aliphatic hydroxyl groups is 1. The summed E-state index contributed by atoms with van der Waals surface area (Å²) >= 11 is 0. The number of aliphatic hydroxyl groups excluding tert-OH is 1. The molecule has 186 valence electrons. The third kappa shape index (κ3) is 3.58. The third-order valence-corrected chi connectivity index (χ3v) is 11.9. The van der Waals surface area contributed by atoms with E-state index in [-0.39, 0.29) is 23.9 Å². The van der Waals surface area contributed by atoms with Crippen LogP contribution in [-0.2, 0) is 4.79 Å². The van der Waals surface area contributed by atoms with E-state index in [0.29, 0.717) is 22.7 Å². The van der Waals surface area contributed by atoms with Gasteiger partial charge in [0.25, 0.3) is 0 Å². The van der Waals surface area contributed by atoms with Crippen molar-refractivity contribution in [2.45, 2.75) is 105 Å². The Morgan fingerprint density at radius 2 is 1.85 bits per heavy atom. The van der Waals surface area contributed by atoms with Crippen molar-refractivity contribution in [1.82, 2.24) is 0 Å². The zero-order valence-electron chi connectivity index (χ0n) is 21.9. The van der Waals surface area contributed by atoms with Crippen molar-refractivity contribution in [3.8, 4) is 0 Å². The van der Waals surface area contributed by atoms with Crippen LogP contribution in [0.2, 0.25) is 0 Å². The number of aliphatic carboxylic acids is 1. The van der Waals surface area contributed by atoms with Crippen LogP contribution in [0.1, 0.15) is 105 Å². The van der Waals surface area contributed by atoms with E-state index in [1.165, 1.54) is 50.5 Å². The summed E-state index contributed by atoms with van der Waals surface area (Å²) in [5.41, 5.74) is 3.44. The monoisotopic (exact) mass is 456 g/mol. The highest BCUT2D eigenvalue weighted by molar-refractivity contribution is 5.67. The van der Waals surface area contributed by atoms with Crippen LogP contribution in [0.5, 0.6) is 0 Å². The lowest BCUT2D eigenvalue weighted by molar-refractivity contribution is -0.139. The topological polar surface area (TPSA) is 57.5 Å². The van der Waals surface area contributed by atoms with E-state index in [4.69, 9.17) is 0 Å². The highest BCUT2D eigenvalue weighted by atomic mass is 16.4. The highest BCUT2D eigenvalue weighted by Gasteiger charge is 2.80. The summed E-state index contributed by atoms with van der Waals surface area (Å²) in [6.07, 6.45) is 14.6. The molecule has 3 nitrogen and oxygen atoms in total. The van der Waals surface area contributed by atoms with Crippen molar-refractivity contribution in [2.24, 2.45) is 45.3 Å². The van der Waals surface area contributed by atoms with Crippen molar-refractivity contribution >= 4 is 5.97 Å². The van der Waals surface area contributed by atoms with E-state index >= 15 is 0 Å². The van der Waals surface area contributed by atoms with Crippen LogP contribution < -0.4 is 0 Å². The minimum atomic E-state index is -0.681. The number of carboxylic acids is 1. The van der Waals surface area contributed by atoms with Gasteiger partial charge in [-0.25, -0.2) is 0 Å². The van der Waals surface area contributed by atoms with Crippen LogP contribution in [0.25, 0.3) is 0 Å². The summed E-state index contributed by atoms with van der Waals surface area (Å²) in [5.74, 6) is 1.85. The summed E-state index contributed by atoms with van der Waals surface area (Å²) in [6.45, 7) is 16.4. The standard InChI is InChI=1S/C30H48O3/c1-20(2)8-7-9-21(3)23-12-14-28(6)25-11-10-24(22(4)18-31)29(15-13-26(32)33)19-30(25,29)17-16-27(23,28)5/h8,21,23-25,31H,4,7,9-19H2,1-3,5-6H3,(H,32,33)/t21-,23-,24+,25-,27-,28+,29-,30+/m1/s1. The highest BCUT2D eigenvalue weighted by Crippen LogP contribution is 2.87. The van der Waals surface area contributed by atoms with Crippen LogP contribution in [0.3, 0.4) is 0 Å². The molecular formula is C30H48O3. The molecule has 0 aromatic heterocycles. The number of carboxylic acid groups (broad SMARTS) is 1. The first-order valence-corrected chi connectivity index (χ1v) is 13.6. The first-order valence-electron chi connectivity index (χ1n) is 13.6. The molecule has 0 aliphatic heterocycles. The Kier molecular flexibility index (Phi) is 6.47. The van der Waals surface area contributed by atoms with Gasteiger partial charge in [-0.3, -0.25) is 4.79 Å². The molecule has 4 aliphatic carbocycles. The molecule has 0 aromatic carbocycles. The zero-order valence-corrected chi connectivity index (χ0v) is 21.9. The van der Waals surface area contributed by atoms with E-state index in [9.17, 15) is 15.0 Å². The molecule has 0 aromatic rings. The number of hydrogen-bond acceptors (Lipinski definition) is 2. The molecule has 4 fully saturated rings. The zero-order chi connectivity index (χ0) is 24.2. The summed E-state index contributed by atoms with van der Waals surface area (Å²) < 4.78 is 0. The summed E-state index contributed by atoms with van der Waals surface area (Å²) in [7, 11) is 0.